The molecule has 0 saturated carbocycles. The first kappa shape index (κ1) is 10.7. The summed E-state index contributed by atoms with van der Waals surface area (Å²) in [5.74, 6) is 0.884. The molecule has 0 spiro atoms. The second-order valence-corrected chi connectivity index (χ2v) is 4.34. The van der Waals surface area contributed by atoms with Gasteiger partial charge in [0.25, 0.3) is 0 Å². The topological polar surface area (TPSA) is 39.9 Å². The maximum atomic E-state index is 3.55. The smallest absolute Gasteiger partial charge is 0.0159 e. The lowest BCUT2D eigenvalue weighted by Crippen LogP contribution is -2.34. The van der Waals surface area contributed by atoms with Gasteiger partial charge in [-0.15, -0.1) is 0 Å². The van der Waals surface area contributed by atoms with Gasteiger partial charge in [0, 0.05) is 18.4 Å². The summed E-state index contributed by atoms with van der Waals surface area (Å²) in [6.45, 7) is 4.67. The van der Waals surface area contributed by atoms with Crippen LogP contribution in [0.1, 0.15) is 18.5 Å². The molecule has 1 fully saturated rings. The molecule has 0 bridgehead atoms. The zero-order valence-corrected chi connectivity index (χ0v) is 9.26. The van der Waals surface area contributed by atoms with Crippen molar-refractivity contribution >= 4 is 0 Å². The highest BCUT2D eigenvalue weighted by Gasteiger charge is 2.11. The van der Waals surface area contributed by atoms with Crippen LogP contribution in [0.3, 0.4) is 0 Å². The Labute approximate surface area is 91.7 Å². The van der Waals surface area contributed by atoms with Gasteiger partial charge in [0.1, 0.15) is 0 Å². The van der Waals surface area contributed by atoms with Gasteiger partial charge < -0.3 is 15.6 Å². The second-order valence-electron chi connectivity index (χ2n) is 4.34. The van der Waals surface area contributed by atoms with Crippen LogP contribution in [0.4, 0.5) is 0 Å². The Kier molecular flexibility index (Phi) is 4.23. The molecule has 1 aromatic heterocycles. The van der Waals surface area contributed by atoms with Crippen molar-refractivity contribution in [3.63, 3.8) is 0 Å². The molecular weight excluding hydrogens is 186 g/mol. The van der Waals surface area contributed by atoms with Gasteiger partial charge in [0.15, 0.2) is 0 Å². The van der Waals surface area contributed by atoms with Crippen molar-refractivity contribution in [1.82, 2.24) is 15.6 Å². The molecule has 15 heavy (non-hydrogen) atoms. The summed E-state index contributed by atoms with van der Waals surface area (Å²) in [6, 6.07) is 4.20. The van der Waals surface area contributed by atoms with Crippen LogP contribution in [0.5, 0.6) is 0 Å². The third-order valence-electron chi connectivity index (χ3n) is 3.13. The maximum Gasteiger partial charge on any atom is 0.0159 e. The van der Waals surface area contributed by atoms with Crippen LogP contribution in [-0.2, 0) is 6.42 Å². The quantitative estimate of drug-likeness (QED) is 0.634. The number of aromatic amines is 1. The lowest BCUT2D eigenvalue weighted by molar-refractivity contribution is 0.357. The third kappa shape index (κ3) is 3.68. The monoisotopic (exact) mass is 207 g/mol. The minimum atomic E-state index is 0.884. The van der Waals surface area contributed by atoms with E-state index in [4.69, 9.17) is 0 Å². The Hall–Kier alpha value is -0.800. The van der Waals surface area contributed by atoms with E-state index in [9.17, 15) is 0 Å². The first-order valence-electron chi connectivity index (χ1n) is 5.99. The lowest BCUT2D eigenvalue weighted by atomic mass is 9.98. The van der Waals surface area contributed by atoms with E-state index < -0.39 is 0 Å². The van der Waals surface area contributed by atoms with E-state index in [1.54, 1.807) is 0 Å². The zero-order valence-electron chi connectivity index (χ0n) is 9.26. The van der Waals surface area contributed by atoms with Gasteiger partial charge in [-0.1, -0.05) is 0 Å². The predicted octanol–water partition coefficient (Wildman–Crippen LogP) is 1.15. The minimum absolute atomic E-state index is 0.884. The van der Waals surface area contributed by atoms with Crippen molar-refractivity contribution < 1.29 is 0 Å². The molecule has 0 amide bonds. The number of H-pyrrole nitrogens is 1. The Balaban J connectivity index is 1.54. The summed E-state index contributed by atoms with van der Waals surface area (Å²) >= 11 is 0. The summed E-state index contributed by atoms with van der Waals surface area (Å²) in [6.07, 6.45) is 5.76. The molecule has 3 N–H and O–H groups in total. The standard InChI is InChI=1S/C12H21N3/c1-2-12(15-6-1)5-9-14-10-11-3-7-13-8-4-11/h1-2,6,11,13-15H,3-5,7-10H2. The fourth-order valence-electron chi connectivity index (χ4n) is 2.14. The number of rotatable bonds is 5. The molecule has 0 radical (unpaired) electrons. The maximum absolute atomic E-state index is 3.55. The summed E-state index contributed by atoms with van der Waals surface area (Å²) in [4.78, 5) is 3.23. The SMILES string of the molecule is c1c[nH]c(CCNCC2CCNCC2)c1. The number of piperidine rings is 1. The van der Waals surface area contributed by atoms with Crippen LogP contribution in [-0.4, -0.2) is 31.2 Å². The van der Waals surface area contributed by atoms with Crippen molar-refractivity contribution in [3.8, 4) is 0 Å². The minimum Gasteiger partial charge on any atom is -0.365 e. The molecule has 84 valence electrons. The molecule has 3 heteroatoms. The molecule has 3 nitrogen and oxygen atoms in total. The van der Waals surface area contributed by atoms with E-state index in [0.29, 0.717) is 0 Å². The first-order chi connectivity index (χ1) is 7.45. The van der Waals surface area contributed by atoms with E-state index in [-0.39, 0.29) is 0 Å². The molecule has 2 heterocycles. The molecule has 2 rings (SSSR count). The lowest BCUT2D eigenvalue weighted by Gasteiger charge is -2.22. The Morgan fingerprint density at radius 1 is 1.33 bits per heavy atom. The number of nitrogens with one attached hydrogen (secondary N) is 3. The van der Waals surface area contributed by atoms with Crippen LogP contribution in [0, 0.1) is 5.92 Å². The van der Waals surface area contributed by atoms with Crippen molar-refractivity contribution in [1.29, 1.82) is 0 Å². The Morgan fingerprint density at radius 3 is 2.93 bits per heavy atom. The van der Waals surface area contributed by atoms with Crippen LogP contribution in [0.25, 0.3) is 0 Å². The summed E-state index contributed by atoms with van der Waals surface area (Å²) < 4.78 is 0. The Bertz CT molecular complexity index is 250. The number of aromatic nitrogens is 1. The molecule has 1 aliphatic rings. The molecule has 0 unspecified atom stereocenters. The zero-order chi connectivity index (χ0) is 10.3. The summed E-state index contributed by atoms with van der Waals surface area (Å²) in [5, 5.41) is 6.94. The average molecular weight is 207 g/mol. The van der Waals surface area contributed by atoms with Crippen LogP contribution in [0.2, 0.25) is 0 Å². The Morgan fingerprint density at radius 2 is 2.20 bits per heavy atom. The van der Waals surface area contributed by atoms with Crippen molar-refractivity contribution in [2.24, 2.45) is 5.92 Å². The van der Waals surface area contributed by atoms with Gasteiger partial charge in [-0.05, 0) is 56.9 Å². The predicted molar refractivity (Wildman–Crippen MR) is 63.0 cm³/mol. The van der Waals surface area contributed by atoms with Crippen LogP contribution in [0.15, 0.2) is 18.3 Å². The van der Waals surface area contributed by atoms with Gasteiger partial charge in [0.05, 0.1) is 0 Å². The van der Waals surface area contributed by atoms with E-state index in [1.807, 2.05) is 6.20 Å². The third-order valence-corrected chi connectivity index (χ3v) is 3.13. The highest BCUT2D eigenvalue weighted by Crippen LogP contribution is 2.09. The van der Waals surface area contributed by atoms with Gasteiger partial charge >= 0.3 is 0 Å². The van der Waals surface area contributed by atoms with Crippen molar-refractivity contribution in [2.45, 2.75) is 19.3 Å². The van der Waals surface area contributed by atoms with E-state index in [1.165, 1.54) is 38.2 Å². The fourth-order valence-corrected chi connectivity index (χ4v) is 2.14. The summed E-state index contributed by atoms with van der Waals surface area (Å²) in [5.41, 5.74) is 1.33. The largest absolute Gasteiger partial charge is 0.365 e. The normalized spacial score (nSPS) is 18.1. The second kappa shape index (κ2) is 5.93. The summed E-state index contributed by atoms with van der Waals surface area (Å²) in [7, 11) is 0. The van der Waals surface area contributed by atoms with E-state index in [0.717, 1.165) is 18.9 Å². The highest BCUT2D eigenvalue weighted by atomic mass is 14.9. The molecular formula is C12H21N3. The van der Waals surface area contributed by atoms with Crippen LogP contribution < -0.4 is 10.6 Å². The fraction of sp³-hybridized carbons (Fsp3) is 0.667. The first-order valence-corrected chi connectivity index (χ1v) is 5.99. The van der Waals surface area contributed by atoms with E-state index >= 15 is 0 Å². The number of hydrogen-bond donors (Lipinski definition) is 3. The van der Waals surface area contributed by atoms with E-state index in [2.05, 4.69) is 27.8 Å². The van der Waals surface area contributed by atoms with Crippen molar-refractivity contribution in [3.05, 3.63) is 24.0 Å². The number of hydrogen-bond acceptors (Lipinski definition) is 2. The molecule has 0 aromatic carbocycles. The molecule has 1 saturated heterocycles. The molecule has 0 aliphatic carbocycles. The molecule has 1 aromatic rings. The average Bonchev–Trinajstić information content (AvgIpc) is 2.79. The van der Waals surface area contributed by atoms with Gasteiger partial charge in [-0.2, -0.15) is 0 Å². The van der Waals surface area contributed by atoms with Crippen LogP contribution >= 0.6 is 0 Å². The highest BCUT2D eigenvalue weighted by molar-refractivity contribution is 5.03. The molecule has 0 atom stereocenters. The van der Waals surface area contributed by atoms with Crippen molar-refractivity contribution in [2.75, 3.05) is 26.2 Å². The van der Waals surface area contributed by atoms with Gasteiger partial charge in [0.2, 0.25) is 0 Å². The van der Waals surface area contributed by atoms with Gasteiger partial charge in [-0.3, -0.25) is 0 Å². The molecule has 1 aliphatic heterocycles. The van der Waals surface area contributed by atoms with Gasteiger partial charge in [-0.25, -0.2) is 0 Å².